The molecule has 4 aromatic carbocycles. The number of nitrogens with zero attached hydrogens (tertiary/aromatic N) is 1. The van der Waals surface area contributed by atoms with Crippen LogP contribution in [0.3, 0.4) is 0 Å². The molecule has 0 radical (unpaired) electrons. The Morgan fingerprint density at radius 2 is 1.57 bits per heavy atom. The third-order valence-electron chi connectivity index (χ3n) is 5.48. The van der Waals surface area contributed by atoms with Gasteiger partial charge in [-0.3, -0.25) is 9.59 Å². The number of hydrogen-bond acceptors (Lipinski definition) is 6. The number of benzene rings is 4. The largest absolute Gasteiger partial charge is 0.497 e. The Bertz CT molecular complexity index is 1590. The zero-order chi connectivity index (χ0) is 28.3. The van der Waals surface area contributed by atoms with Crippen molar-refractivity contribution in [2.45, 2.75) is 0 Å². The Morgan fingerprint density at radius 3 is 2.35 bits per heavy atom. The topological polar surface area (TPSA) is 106 Å². The molecule has 0 heterocycles. The van der Waals surface area contributed by atoms with Gasteiger partial charge >= 0.3 is 5.97 Å². The van der Waals surface area contributed by atoms with Gasteiger partial charge in [0, 0.05) is 32.9 Å². The SMILES string of the molecule is COc1cccc(C(=O)Nc2cccc(C(=O)NN=Cc3cc(Br)ccc3OC(=O)/C=C/c3ccccc3)c2)c1. The summed E-state index contributed by atoms with van der Waals surface area (Å²) in [6.07, 6.45) is 4.36. The molecule has 200 valence electrons. The molecule has 8 nitrogen and oxygen atoms in total. The van der Waals surface area contributed by atoms with Gasteiger partial charge in [-0.2, -0.15) is 5.10 Å². The predicted molar refractivity (Wildman–Crippen MR) is 158 cm³/mol. The molecular weight excluding hydrogens is 574 g/mol. The van der Waals surface area contributed by atoms with Crippen LogP contribution in [0.5, 0.6) is 11.5 Å². The van der Waals surface area contributed by atoms with E-state index in [1.165, 1.54) is 25.5 Å². The van der Waals surface area contributed by atoms with Crippen LogP contribution in [-0.4, -0.2) is 31.1 Å². The van der Waals surface area contributed by atoms with E-state index < -0.39 is 11.9 Å². The van der Waals surface area contributed by atoms with Crippen LogP contribution in [0, 0.1) is 0 Å². The van der Waals surface area contributed by atoms with Crippen molar-refractivity contribution in [2.24, 2.45) is 5.10 Å². The molecule has 0 aromatic heterocycles. The fourth-order valence-electron chi connectivity index (χ4n) is 3.51. The fraction of sp³-hybridized carbons (Fsp3) is 0.0323. The molecule has 2 N–H and O–H groups in total. The van der Waals surface area contributed by atoms with Gasteiger partial charge in [-0.1, -0.05) is 58.4 Å². The second-order valence-electron chi connectivity index (χ2n) is 8.31. The molecule has 4 rings (SSSR count). The van der Waals surface area contributed by atoms with Crippen molar-refractivity contribution in [3.8, 4) is 11.5 Å². The molecule has 40 heavy (non-hydrogen) atoms. The maximum Gasteiger partial charge on any atom is 0.336 e. The highest BCUT2D eigenvalue weighted by molar-refractivity contribution is 9.10. The average molecular weight is 598 g/mol. The molecule has 9 heteroatoms. The number of rotatable bonds is 9. The van der Waals surface area contributed by atoms with Crippen LogP contribution in [-0.2, 0) is 4.79 Å². The molecule has 2 amide bonds. The lowest BCUT2D eigenvalue weighted by Gasteiger charge is -2.08. The highest BCUT2D eigenvalue weighted by Gasteiger charge is 2.11. The van der Waals surface area contributed by atoms with Crippen LogP contribution in [0.25, 0.3) is 6.08 Å². The number of nitrogens with one attached hydrogen (secondary N) is 2. The Kier molecular flexibility index (Phi) is 9.58. The molecule has 0 aliphatic carbocycles. The van der Waals surface area contributed by atoms with E-state index in [0.29, 0.717) is 22.6 Å². The molecule has 0 aliphatic heterocycles. The molecule has 0 aliphatic rings. The summed E-state index contributed by atoms with van der Waals surface area (Å²) in [4.78, 5) is 37.7. The zero-order valence-corrected chi connectivity index (χ0v) is 22.9. The van der Waals surface area contributed by atoms with Crippen LogP contribution in [0.1, 0.15) is 31.8 Å². The number of hydrogen-bond donors (Lipinski definition) is 2. The molecule has 0 saturated carbocycles. The van der Waals surface area contributed by atoms with Gasteiger partial charge in [0.25, 0.3) is 11.8 Å². The number of amides is 2. The van der Waals surface area contributed by atoms with E-state index in [9.17, 15) is 14.4 Å². The minimum absolute atomic E-state index is 0.270. The molecule has 0 atom stereocenters. The van der Waals surface area contributed by atoms with Gasteiger partial charge in [0.05, 0.1) is 13.3 Å². The van der Waals surface area contributed by atoms with Crippen LogP contribution < -0.4 is 20.2 Å². The van der Waals surface area contributed by atoms with Gasteiger partial charge in [-0.25, -0.2) is 10.2 Å². The van der Waals surface area contributed by atoms with Gasteiger partial charge < -0.3 is 14.8 Å². The smallest absolute Gasteiger partial charge is 0.336 e. The molecule has 0 bridgehead atoms. The molecule has 0 spiro atoms. The summed E-state index contributed by atoms with van der Waals surface area (Å²) in [5.41, 5.74) is 4.93. The first-order chi connectivity index (χ1) is 19.4. The third kappa shape index (κ3) is 7.99. The van der Waals surface area contributed by atoms with Crippen LogP contribution in [0.2, 0.25) is 0 Å². The summed E-state index contributed by atoms with van der Waals surface area (Å²) in [5.74, 6) is -0.563. The van der Waals surface area contributed by atoms with Crippen molar-refractivity contribution in [3.05, 3.63) is 130 Å². The van der Waals surface area contributed by atoms with E-state index >= 15 is 0 Å². The highest BCUT2D eigenvalue weighted by Crippen LogP contribution is 2.22. The predicted octanol–water partition coefficient (Wildman–Crippen LogP) is 6.09. The van der Waals surface area contributed by atoms with E-state index in [2.05, 4.69) is 31.8 Å². The van der Waals surface area contributed by atoms with Crippen molar-refractivity contribution < 1.29 is 23.9 Å². The maximum atomic E-state index is 12.7. The summed E-state index contributed by atoms with van der Waals surface area (Å²) in [7, 11) is 1.52. The van der Waals surface area contributed by atoms with Crippen LogP contribution in [0.15, 0.2) is 113 Å². The monoisotopic (exact) mass is 597 g/mol. The quantitative estimate of drug-likeness (QED) is 0.0798. The summed E-state index contributed by atoms with van der Waals surface area (Å²) >= 11 is 3.39. The summed E-state index contributed by atoms with van der Waals surface area (Å²) in [5, 5.41) is 6.79. The average Bonchev–Trinajstić information content (AvgIpc) is 2.98. The van der Waals surface area contributed by atoms with Gasteiger partial charge in [0.2, 0.25) is 0 Å². The minimum atomic E-state index is -0.558. The first kappa shape index (κ1) is 28.0. The zero-order valence-electron chi connectivity index (χ0n) is 21.3. The first-order valence-electron chi connectivity index (χ1n) is 12.0. The van der Waals surface area contributed by atoms with E-state index in [4.69, 9.17) is 9.47 Å². The van der Waals surface area contributed by atoms with Gasteiger partial charge in [0.1, 0.15) is 11.5 Å². The number of carbonyl (C=O) groups excluding carboxylic acids is 3. The number of anilines is 1. The van der Waals surface area contributed by atoms with Crippen LogP contribution in [0.4, 0.5) is 5.69 Å². The van der Waals surface area contributed by atoms with E-state index in [0.717, 1.165) is 10.0 Å². The minimum Gasteiger partial charge on any atom is -0.497 e. The number of ether oxygens (including phenoxy) is 2. The number of methoxy groups -OCH3 is 1. The molecular formula is C31H24BrN3O5. The lowest BCUT2D eigenvalue weighted by atomic mass is 10.1. The Morgan fingerprint density at radius 1 is 0.825 bits per heavy atom. The summed E-state index contributed by atoms with van der Waals surface area (Å²) in [6, 6.07) is 27.6. The number of esters is 1. The Balaban J connectivity index is 1.39. The van der Waals surface area contributed by atoms with Gasteiger partial charge in [0.15, 0.2) is 0 Å². The summed E-state index contributed by atoms with van der Waals surface area (Å²) < 4.78 is 11.4. The van der Waals surface area contributed by atoms with E-state index in [-0.39, 0.29) is 17.2 Å². The summed E-state index contributed by atoms with van der Waals surface area (Å²) in [6.45, 7) is 0. The van der Waals surface area contributed by atoms with E-state index in [1.807, 2.05) is 30.3 Å². The van der Waals surface area contributed by atoms with Crippen molar-refractivity contribution in [2.75, 3.05) is 12.4 Å². The van der Waals surface area contributed by atoms with Crippen LogP contribution >= 0.6 is 15.9 Å². The second-order valence-corrected chi connectivity index (χ2v) is 9.23. The fourth-order valence-corrected chi connectivity index (χ4v) is 3.89. The maximum absolute atomic E-state index is 12.7. The third-order valence-corrected chi connectivity index (χ3v) is 5.97. The van der Waals surface area contributed by atoms with E-state index in [1.54, 1.807) is 66.7 Å². The molecule has 0 saturated heterocycles. The standard InChI is InChI=1S/C31H24BrN3O5/c1-39-27-12-6-10-23(19-27)30(37)34-26-11-5-9-22(18-26)31(38)35-33-20-24-17-25(32)14-15-28(24)40-29(36)16-13-21-7-3-2-4-8-21/h2-20H,1H3,(H,34,37)(H,35,38)/b16-13+,33-20?. The second kappa shape index (κ2) is 13.7. The Hall–Kier alpha value is -5.02. The van der Waals surface area contributed by atoms with Crippen molar-refractivity contribution in [3.63, 3.8) is 0 Å². The molecule has 0 unspecified atom stereocenters. The van der Waals surface area contributed by atoms with Crippen molar-refractivity contribution in [1.82, 2.24) is 5.43 Å². The number of hydrazone groups is 1. The van der Waals surface area contributed by atoms with Crippen molar-refractivity contribution >= 4 is 51.7 Å². The normalized spacial score (nSPS) is 10.8. The Labute approximate surface area is 239 Å². The lowest BCUT2D eigenvalue weighted by molar-refractivity contribution is -0.128. The number of carbonyl (C=O) groups is 3. The highest BCUT2D eigenvalue weighted by atomic mass is 79.9. The first-order valence-corrected chi connectivity index (χ1v) is 12.8. The van der Waals surface area contributed by atoms with Gasteiger partial charge in [-0.15, -0.1) is 0 Å². The van der Waals surface area contributed by atoms with Crippen molar-refractivity contribution in [1.29, 1.82) is 0 Å². The lowest BCUT2D eigenvalue weighted by Crippen LogP contribution is -2.18. The number of halogens is 1. The molecule has 4 aromatic rings. The van der Waals surface area contributed by atoms with Gasteiger partial charge in [-0.05, 0) is 66.2 Å². The molecule has 0 fully saturated rings.